The zero-order valence-electron chi connectivity index (χ0n) is 8.15. The molecule has 0 bridgehead atoms. The van der Waals surface area contributed by atoms with Crippen molar-refractivity contribution in [1.29, 1.82) is 0 Å². The Bertz CT molecular complexity index is 471. The zero-order valence-corrected chi connectivity index (χ0v) is 9.79. The van der Waals surface area contributed by atoms with Crippen molar-refractivity contribution in [2.45, 2.75) is 9.37 Å². The van der Waals surface area contributed by atoms with Crippen molar-refractivity contribution in [2.24, 2.45) is 0 Å². The standard InChI is InChI=1S/C8H6N4O2S2/c1-14-7(13)5-2-10-6(3-9-5)15-8-11-4-12-16-8/h2-4H,1H3. The van der Waals surface area contributed by atoms with Crippen LogP contribution in [0.2, 0.25) is 0 Å². The number of hydrogen-bond donors (Lipinski definition) is 0. The summed E-state index contributed by atoms with van der Waals surface area (Å²) in [6.07, 6.45) is 4.34. The van der Waals surface area contributed by atoms with Crippen LogP contribution in [0.5, 0.6) is 0 Å². The molecule has 0 aliphatic heterocycles. The van der Waals surface area contributed by atoms with Gasteiger partial charge in [0.15, 0.2) is 10.0 Å². The highest BCUT2D eigenvalue weighted by Gasteiger charge is 2.08. The van der Waals surface area contributed by atoms with E-state index < -0.39 is 5.97 Å². The van der Waals surface area contributed by atoms with Crippen molar-refractivity contribution < 1.29 is 9.53 Å². The first-order chi connectivity index (χ1) is 7.79. The maximum Gasteiger partial charge on any atom is 0.358 e. The summed E-state index contributed by atoms with van der Waals surface area (Å²) in [6.45, 7) is 0. The molecule has 0 fully saturated rings. The van der Waals surface area contributed by atoms with Crippen LogP contribution in [-0.4, -0.2) is 32.4 Å². The largest absolute Gasteiger partial charge is 0.464 e. The summed E-state index contributed by atoms with van der Waals surface area (Å²) in [5.41, 5.74) is 0.184. The van der Waals surface area contributed by atoms with Gasteiger partial charge in [0.25, 0.3) is 0 Å². The molecule has 0 N–H and O–H groups in total. The number of carbonyl (C=O) groups excluding carboxylic acids is 1. The third-order valence-electron chi connectivity index (χ3n) is 1.56. The summed E-state index contributed by atoms with van der Waals surface area (Å²) in [4.78, 5) is 23.1. The molecule has 2 heterocycles. The summed E-state index contributed by atoms with van der Waals surface area (Å²) in [5, 5.41) is 0.657. The first-order valence-corrected chi connectivity index (χ1v) is 5.73. The second-order valence-electron chi connectivity index (χ2n) is 2.54. The molecule has 6 nitrogen and oxygen atoms in total. The van der Waals surface area contributed by atoms with Crippen LogP contribution >= 0.6 is 23.3 Å². The van der Waals surface area contributed by atoms with Crippen LogP contribution in [0.25, 0.3) is 0 Å². The predicted octanol–water partition coefficient (Wildman–Crippen LogP) is 1.27. The molecule has 0 saturated heterocycles. The van der Waals surface area contributed by atoms with E-state index in [-0.39, 0.29) is 5.69 Å². The van der Waals surface area contributed by atoms with Gasteiger partial charge in [-0.05, 0) is 23.3 Å². The number of hydrogen-bond acceptors (Lipinski definition) is 8. The molecule has 2 aromatic rings. The molecule has 0 atom stereocenters. The Balaban J connectivity index is 2.10. The molecule has 0 aliphatic rings. The van der Waals surface area contributed by atoms with E-state index in [0.29, 0.717) is 5.03 Å². The SMILES string of the molecule is COC(=O)c1cnc(Sc2ncns2)cn1. The molecule has 0 unspecified atom stereocenters. The van der Waals surface area contributed by atoms with E-state index in [1.54, 1.807) is 0 Å². The molecule has 0 amide bonds. The number of methoxy groups -OCH3 is 1. The lowest BCUT2D eigenvalue weighted by molar-refractivity contribution is 0.0593. The van der Waals surface area contributed by atoms with E-state index in [0.717, 1.165) is 4.34 Å². The van der Waals surface area contributed by atoms with Crippen LogP contribution in [0, 0.1) is 0 Å². The number of ether oxygens (including phenoxy) is 1. The van der Waals surface area contributed by atoms with Crippen molar-refractivity contribution in [3.63, 3.8) is 0 Å². The Morgan fingerprint density at radius 1 is 1.38 bits per heavy atom. The maximum absolute atomic E-state index is 11.1. The summed E-state index contributed by atoms with van der Waals surface area (Å²) in [6, 6.07) is 0. The lowest BCUT2D eigenvalue weighted by Crippen LogP contribution is -2.04. The number of esters is 1. The van der Waals surface area contributed by atoms with E-state index in [1.165, 1.54) is 49.1 Å². The maximum atomic E-state index is 11.1. The number of aromatic nitrogens is 4. The topological polar surface area (TPSA) is 77.9 Å². The molecule has 8 heteroatoms. The number of rotatable bonds is 3. The molecule has 0 aliphatic carbocycles. The van der Waals surface area contributed by atoms with E-state index >= 15 is 0 Å². The monoisotopic (exact) mass is 254 g/mol. The van der Waals surface area contributed by atoms with Gasteiger partial charge in [-0.1, -0.05) is 0 Å². The normalized spacial score (nSPS) is 10.1. The molecule has 16 heavy (non-hydrogen) atoms. The second kappa shape index (κ2) is 4.99. The summed E-state index contributed by atoms with van der Waals surface area (Å²) < 4.78 is 9.16. The van der Waals surface area contributed by atoms with E-state index in [2.05, 4.69) is 24.1 Å². The van der Waals surface area contributed by atoms with Gasteiger partial charge in [-0.15, -0.1) is 0 Å². The quantitative estimate of drug-likeness (QED) is 0.763. The van der Waals surface area contributed by atoms with Gasteiger partial charge >= 0.3 is 5.97 Å². The Labute approximate surface area is 99.3 Å². The highest BCUT2D eigenvalue weighted by Crippen LogP contribution is 2.25. The molecular formula is C8H6N4O2S2. The highest BCUT2D eigenvalue weighted by molar-refractivity contribution is 8.00. The molecule has 82 valence electrons. The van der Waals surface area contributed by atoms with Crippen LogP contribution in [-0.2, 0) is 4.74 Å². The predicted molar refractivity (Wildman–Crippen MR) is 57.4 cm³/mol. The van der Waals surface area contributed by atoms with Crippen LogP contribution in [0.4, 0.5) is 0 Å². The zero-order chi connectivity index (χ0) is 11.4. The third kappa shape index (κ3) is 2.52. The fourth-order valence-electron chi connectivity index (χ4n) is 0.876. The van der Waals surface area contributed by atoms with Gasteiger partial charge in [0.1, 0.15) is 11.4 Å². The number of carbonyl (C=O) groups is 1. The van der Waals surface area contributed by atoms with Crippen LogP contribution in [0.3, 0.4) is 0 Å². The molecule has 0 radical (unpaired) electrons. The van der Waals surface area contributed by atoms with Crippen molar-refractivity contribution >= 4 is 29.3 Å². The second-order valence-corrected chi connectivity index (χ2v) is 4.59. The van der Waals surface area contributed by atoms with Gasteiger partial charge in [-0.2, -0.15) is 4.37 Å². The van der Waals surface area contributed by atoms with Crippen molar-refractivity contribution in [1.82, 2.24) is 19.3 Å². The average molecular weight is 254 g/mol. The minimum Gasteiger partial charge on any atom is -0.464 e. The molecule has 0 saturated carbocycles. The summed E-state index contributed by atoms with van der Waals surface area (Å²) in [5.74, 6) is -0.500. The fourth-order valence-corrected chi connectivity index (χ4v) is 2.18. The molecule has 2 rings (SSSR count). The van der Waals surface area contributed by atoms with Gasteiger partial charge < -0.3 is 4.74 Å². The molecule has 2 aromatic heterocycles. The molecule has 0 spiro atoms. The lowest BCUT2D eigenvalue weighted by Gasteiger charge is -1.98. The van der Waals surface area contributed by atoms with Crippen molar-refractivity contribution in [3.05, 3.63) is 24.4 Å². The lowest BCUT2D eigenvalue weighted by atomic mass is 10.5. The smallest absolute Gasteiger partial charge is 0.358 e. The van der Waals surface area contributed by atoms with Crippen LogP contribution < -0.4 is 0 Å². The fraction of sp³-hybridized carbons (Fsp3) is 0.125. The Hall–Kier alpha value is -1.54. The minimum absolute atomic E-state index is 0.184. The Morgan fingerprint density at radius 2 is 2.25 bits per heavy atom. The van der Waals surface area contributed by atoms with E-state index in [4.69, 9.17) is 0 Å². The first kappa shape index (κ1) is 11.0. The molecular weight excluding hydrogens is 248 g/mol. The van der Waals surface area contributed by atoms with E-state index in [1.807, 2.05) is 0 Å². The third-order valence-corrected chi connectivity index (χ3v) is 3.19. The van der Waals surface area contributed by atoms with Gasteiger partial charge in [-0.3, -0.25) is 0 Å². The first-order valence-electron chi connectivity index (χ1n) is 4.14. The Morgan fingerprint density at radius 3 is 2.81 bits per heavy atom. The molecule has 0 aromatic carbocycles. The number of nitrogens with zero attached hydrogens (tertiary/aromatic N) is 4. The van der Waals surface area contributed by atoms with Gasteiger partial charge in [0, 0.05) is 0 Å². The average Bonchev–Trinajstić information content (AvgIpc) is 2.82. The van der Waals surface area contributed by atoms with Crippen molar-refractivity contribution in [2.75, 3.05) is 7.11 Å². The van der Waals surface area contributed by atoms with E-state index in [9.17, 15) is 4.79 Å². The Kier molecular flexibility index (Phi) is 3.42. The summed E-state index contributed by atoms with van der Waals surface area (Å²) >= 11 is 2.62. The highest BCUT2D eigenvalue weighted by atomic mass is 32.2. The van der Waals surface area contributed by atoms with Crippen LogP contribution in [0.1, 0.15) is 10.5 Å². The van der Waals surface area contributed by atoms with Gasteiger partial charge in [0.05, 0.1) is 19.5 Å². The van der Waals surface area contributed by atoms with Gasteiger partial charge in [-0.25, -0.2) is 19.7 Å². The minimum atomic E-state index is -0.500. The summed E-state index contributed by atoms with van der Waals surface area (Å²) in [7, 11) is 1.30. The van der Waals surface area contributed by atoms with Gasteiger partial charge in [0.2, 0.25) is 0 Å². The van der Waals surface area contributed by atoms with Crippen molar-refractivity contribution in [3.8, 4) is 0 Å². The van der Waals surface area contributed by atoms with Crippen LogP contribution in [0.15, 0.2) is 28.1 Å².